The van der Waals surface area contributed by atoms with Crippen molar-refractivity contribution in [1.82, 2.24) is 5.32 Å². The molecule has 0 spiro atoms. The molecule has 0 unspecified atom stereocenters. The number of nitrogens with one attached hydrogen (secondary N) is 1. The number of anilines is 2. The lowest BCUT2D eigenvalue weighted by Crippen LogP contribution is -2.61. The molecule has 1 saturated heterocycles. The number of ether oxygens (including phenoxy) is 1. The molecule has 6 heteroatoms. The zero-order chi connectivity index (χ0) is 19.5. The summed E-state index contributed by atoms with van der Waals surface area (Å²) in [5, 5.41) is 3.00. The molecule has 0 radical (unpaired) electrons. The van der Waals surface area contributed by atoms with E-state index in [4.69, 9.17) is 4.74 Å². The van der Waals surface area contributed by atoms with E-state index >= 15 is 0 Å². The van der Waals surface area contributed by atoms with E-state index in [0.29, 0.717) is 31.8 Å². The van der Waals surface area contributed by atoms with Crippen LogP contribution in [0.3, 0.4) is 0 Å². The molecule has 1 N–H and O–H groups in total. The lowest BCUT2D eigenvalue weighted by atomic mass is 9.83. The van der Waals surface area contributed by atoms with E-state index in [1.165, 1.54) is 17.3 Å². The summed E-state index contributed by atoms with van der Waals surface area (Å²) >= 11 is 0. The number of nitrogens with zero attached hydrogens (tertiary/aromatic N) is 2. The fraction of sp³-hybridized carbons (Fsp3) is 0.409. The Labute approximate surface area is 165 Å². The normalized spacial score (nSPS) is 21.1. The zero-order valence-electron chi connectivity index (χ0n) is 16.1. The Kier molecular flexibility index (Phi) is 5.48. The minimum atomic E-state index is -0.215. The molecule has 4 rings (SSSR count). The van der Waals surface area contributed by atoms with Crippen LogP contribution in [0.4, 0.5) is 15.8 Å². The fourth-order valence-corrected chi connectivity index (χ4v) is 4.39. The van der Waals surface area contributed by atoms with E-state index in [0.717, 1.165) is 13.1 Å². The molecule has 0 bridgehead atoms. The van der Waals surface area contributed by atoms with Crippen molar-refractivity contribution in [2.75, 3.05) is 49.7 Å². The number of rotatable bonds is 5. The summed E-state index contributed by atoms with van der Waals surface area (Å²) in [6.07, 6.45) is 0.696. The van der Waals surface area contributed by atoms with Crippen molar-refractivity contribution in [2.24, 2.45) is 5.92 Å². The lowest BCUT2D eigenvalue weighted by Gasteiger charge is -2.49. The molecule has 0 aromatic heterocycles. The summed E-state index contributed by atoms with van der Waals surface area (Å²) in [4.78, 5) is 17.4. The van der Waals surface area contributed by atoms with Gasteiger partial charge in [0.2, 0.25) is 5.91 Å². The van der Waals surface area contributed by atoms with E-state index in [1.807, 2.05) is 24.3 Å². The van der Waals surface area contributed by atoms with Gasteiger partial charge in [-0.2, -0.15) is 0 Å². The number of halogens is 1. The van der Waals surface area contributed by atoms with Crippen LogP contribution < -0.4 is 15.1 Å². The molecule has 1 fully saturated rings. The van der Waals surface area contributed by atoms with E-state index < -0.39 is 0 Å². The molecule has 1 amide bonds. The van der Waals surface area contributed by atoms with Gasteiger partial charge < -0.3 is 19.9 Å². The Bertz CT molecular complexity index is 844. The quantitative estimate of drug-likeness (QED) is 0.806. The van der Waals surface area contributed by atoms with Gasteiger partial charge in [0.25, 0.3) is 0 Å². The van der Waals surface area contributed by atoms with Crippen LogP contribution in [-0.2, 0) is 16.0 Å². The first kappa shape index (κ1) is 18.7. The number of fused-ring (bicyclic) bond motifs is 3. The van der Waals surface area contributed by atoms with Gasteiger partial charge >= 0.3 is 0 Å². The largest absolute Gasteiger partial charge is 0.383 e. The maximum atomic E-state index is 14.3. The second kappa shape index (κ2) is 8.19. The highest BCUT2D eigenvalue weighted by Crippen LogP contribution is 2.37. The molecule has 0 saturated carbocycles. The van der Waals surface area contributed by atoms with Crippen molar-refractivity contribution in [3.8, 4) is 0 Å². The van der Waals surface area contributed by atoms with E-state index in [2.05, 4.69) is 27.2 Å². The van der Waals surface area contributed by atoms with Crippen molar-refractivity contribution >= 4 is 17.3 Å². The first-order valence-corrected chi connectivity index (χ1v) is 9.79. The highest BCUT2D eigenvalue weighted by molar-refractivity contribution is 5.82. The van der Waals surface area contributed by atoms with Gasteiger partial charge in [-0.3, -0.25) is 4.79 Å². The van der Waals surface area contributed by atoms with Crippen LogP contribution in [0.2, 0.25) is 0 Å². The van der Waals surface area contributed by atoms with Gasteiger partial charge in [-0.1, -0.05) is 30.3 Å². The second-order valence-electron chi connectivity index (χ2n) is 7.38. The monoisotopic (exact) mass is 383 g/mol. The minimum Gasteiger partial charge on any atom is -0.383 e. The summed E-state index contributed by atoms with van der Waals surface area (Å²) in [7, 11) is 1.62. The van der Waals surface area contributed by atoms with Crippen LogP contribution >= 0.6 is 0 Å². The summed E-state index contributed by atoms with van der Waals surface area (Å²) in [6.45, 7) is 3.10. The highest BCUT2D eigenvalue weighted by Gasteiger charge is 2.41. The smallest absolute Gasteiger partial charge is 0.225 e. The van der Waals surface area contributed by atoms with Gasteiger partial charge in [-0.05, 0) is 30.2 Å². The van der Waals surface area contributed by atoms with Crippen molar-refractivity contribution in [3.05, 3.63) is 59.9 Å². The van der Waals surface area contributed by atoms with Gasteiger partial charge in [0, 0.05) is 39.0 Å². The first-order chi connectivity index (χ1) is 13.7. The molecule has 2 heterocycles. The number of methoxy groups -OCH3 is 1. The predicted molar refractivity (Wildman–Crippen MR) is 108 cm³/mol. The third-order valence-corrected chi connectivity index (χ3v) is 5.76. The number of amides is 1. The molecule has 2 aliphatic rings. The van der Waals surface area contributed by atoms with Gasteiger partial charge in [0.05, 0.1) is 24.3 Å². The second-order valence-corrected chi connectivity index (χ2v) is 7.38. The van der Waals surface area contributed by atoms with Crippen molar-refractivity contribution in [2.45, 2.75) is 12.5 Å². The van der Waals surface area contributed by atoms with Crippen LogP contribution in [0.1, 0.15) is 5.56 Å². The zero-order valence-corrected chi connectivity index (χ0v) is 16.1. The molecule has 2 aliphatic heterocycles. The summed E-state index contributed by atoms with van der Waals surface area (Å²) in [5.74, 6) is -0.355. The number of carbonyl (C=O) groups is 1. The summed E-state index contributed by atoms with van der Waals surface area (Å²) in [6, 6.07) is 15.2. The van der Waals surface area contributed by atoms with Crippen molar-refractivity contribution < 1.29 is 13.9 Å². The Morgan fingerprint density at radius 1 is 1.14 bits per heavy atom. The lowest BCUT2D eigenvalue weighted by molar-refractivity contribution is -0.126. The maximum Gasteiger partial charge on any atom is 0.225 e. The van der Waals surface area contributed by atoms with E-state index in [1.54, 1.807) is 13.2 Å². The topological polar surface area (TPSA) is 44.8 Å². The Morgan fingerprint density at radius 3 is 2.68 bits per heavy atom. The maximum absolute atomic E-state index is 14.3. The summed E-state index contributed by atoms with van der Waals surface area (Å²) < 4.78 is 19.4. The SMILES string of the molecule is COCCNC(=O)[C@@H]1Cc2ccccc2N2CCN(c3ccccc3F)C[C@@H]12. The Morgan fingerprint density at radius 2 is 1.89 bits per heavy atom. The number of hydrogen-bond acceptors (Lipinski definition) is 4. The van der Waals surface area contributed by atoms with Crippen LogP contribution in [-0.4, -0.2) is 51.8 Å². The van der Waals surface area contributed by atoms with Crippen molar-refractivity contribution in [1.29, 1.82) is 0 Å². The first-order valence-electron chi connectivity index (χ1n) is 9.79. The molecule has 2 atom stereocenters. The fourth-order valence-electron chi connectivity index (χ4n) is 4.39. The average molecular weight is 383 g/mol. The number of hydrogen-bond donors (Lipinski definition) is 1. The van der Waals surface area contributed by atoms with Gasteiger partial charge in [-0.15, -0.1) is 0 Å². The minimum absolute atomic E-state index is 0.00537. The van der Waals surface area contributed by atoms with Gasteiger partial charge in [0.1, 0.15) is 5.82 Å². The highest BCUT2D eigenvalue weighted by atomic mass is 19.1. The third-order valence-electron chi connectivity index (χ3n) is 5.76. The summed E-state index contributed by atoms with van der Waals surface area (Å²) in [5.41, 5.74) is 3.01. The molecule has 2 aromatic carbocycles. The number of carbonyl (C=O) groups excluding carboxylic acids is 1. The van der Waals surface area contributed by atoms with Gasteiger partial charge in [-0.25, -0.2) is 4.39 Å². The van der Waals surface area contributed by atoms with Crippen LogP contribution in [0.15, 0.2) is 48.5 Å². The Balaban J connectivity index is 1.61. The molecule has 148 valence electrons. The standard InChI is InChI=1S/C22H26FN3O2/c1-28-13-10-24-22(27)17-14-16-6-2-4-8-19(16)26-12-11-25(15-21(17)26)20-9-5-3-7-18(20)23/h2-9,17,21H,10-15H2,1H3,(H,24,27)/t17-,21+/m1/s1. The van der Waals surface area contributed by atoms with Crippen molar-refractivity contribution in [3.63, 3.8) is 0 Å². The van der Waals surface area contributed by atoms with E-state index in [-0.39, 0.29) is 23.7 Å². The van der Waals surface area contributed by atoms with E-state index in [9.17, 15) is 9.18 Å². The Hall–Kier alpha value is -2.60. The van der Waals surface area contributed by atoms with Crippen LogP contribution in [0.25, 0.3) is 0 Å². The molecule has 2 aromatic rings. The molecule has 5 nitrogen and oxygen atoms in total. The number of benzene rings is 2. The molecular formula is C22H26FN3O2. The molecule has 28 heavy (non-hydrogen) atoms. The number of piperazine rings is 1. The number of para-hydroxylation sites is 2. The predicted octanol–water partition coefficient (Wildman–Crippen LogP) is 2.46. The van der Waals surface area contributed by atoms with Crippen LogP contribution in [0, 0.1) is 11.7 Å². The molecular weight excluding hydrogens is 357 g/mol. The third kappa shape index (κ3) is 3.56. The van der Waals surface area contributed by atoms with Crippen LogP contribution in [0.5, 0.6) is 0 Å². The van der Waals surface area contributed by atoms with Gasteiger partial charge in [0.15, 0.2) is 0 Å². The molecule has 0 aliphatic carbocycles. The average Bonchev–Trinajstić information content (AvgIpc) is 2.73.